The highest BCUT2D eigenvalue weighted by atomic mass is 28.4. The quantitative estimate of drug-likeness (QED) is 0.553. The minimum Gasteiger partial charge on any atom is -0.467 e. The highest BCUT2D eigenvalue weighted by molar-refractivity contribution is 6.74. The minimum atomic E-state index is -2.09. The van der Waals surface area contributed by atoms with Gasteiger partial charge in [0.2, 0.25) is 0 Å². The van der Waals surface area contributed by atoms with E-state index in [9.17, 15) is 9.59 Å². The molecule has 2 unspecified atom stereocenters. The Morgan fingerprint density at radius 3 is 2.08 bits per heavy atom. The summed E-state index contributed by atoms with van der Waals surface area (Å²) in [4.78, 5) is 26.5. The summed E-state index contributed by atoms with van der Waals surface area (Å²) in [5.74, 6) is -0.450. The van der Waals surface area contributed by atoms with Gasteiger partial charge in [-0.15, -0.1) is 0 Å². The van der Waals surface area contributed by atoms with Crippen molar-refractivity contribution in [3.05, 3.63) is 0 Å². The summed E-state index contributed by atoms with van der Waals surface area (Å²) in [5.41, 5.74) is -0.620. The zero-order valence-corrected chi connectivity index (χ0v) is 18.3. The first kappa shape index (κ1) is 22.0. The van der Waals surface area contributed by atoms with Crippen molar-refractivity contribution in [1.82, 2.24) is 4.90 Å². The molecule has 0 spiro atoms. The second kappa shape index (κ2) is 7.66. The van der Waals surface area contributed by atoms with Crippen LogP contribution in [-0.4, -0.2) is 56.7 Å². The van der Waals surface area contributed by atoms with Crippen LogP contribution in [-0.2, 0) is 18.7 Å². The van der Waals surface area contributed by atoms with E-state index in [1.807, 2.05) is 20.8 Å². The Morgan fingerprint density at radius 1 is 1.08 bits per heavy atom. The molecule has 1 rings (SSSR count). The molecule has 1 aliphatic rings. The van der Waals surface area contributed by atoms with Crippen molar-refractivity contribution >= 4 is 20.4 Å². The van der Waals surface area contributed by atoms with E-state index in [1.54, 1.807) is 0 Å². The van der Waals surface area contributed by atoms with Crippen molar-refractivity contribution < 1.29 is 23.5 Å². The first-order valence-electron chi connectivity index (χ1n) is 8.95. The first-order valence-corrected chi connectivity index (χ1v) is 11.9. The van der Waals surface area contributed by atoms with E-state index >= 15 is 0 Å². The molecule has 6 nitrogen and oxygen atoms in total. The van der Waals surface area contributed by atoms with Crippen LogP contribution in [0.4, 0.5) is 4.79 Å². The van der Waals surface area contributed by atoms with Gasteiger partial charge in [-0.2, -0.15) is 0 Å². The number of likely N-dealkylation sites (tertiary alicyclic amines) is 1. The Bertz CT molecular complexity index is 493. The van der Waals surface area contributed by atoms with Crippen molar-refractivity contribution in [2.75, 3.05) is 13.7 Å². The average Bonchev–Trinajstić information content (AvgIpc) is 2.42. The molecule has 1 aliphatic heterocycles. The highest BCUT2D eigenvalue weighted by Crippen LogP contribution is 2.39. The first-order chi connectivity index (χ1) is 11.2. The number of nitrogens with zero attached hydrogens (tertiary/aromatic N) is 1. The van der Waals surface area contributed by atoms with Gasteiger partial charge in [0.05, 0.1) is 13.2 Å². The Balaban J connectivity index is 3.09. The van der Waals surface area contributed by atoms with Crippen molar-refractivity contribution in [3.63, 3.8) is 0 Å². The smallest absolute Gasteiger partial charge is 0.411 e. The van der Waals surface area contributed by atoms with Crippen LogP contribution >= 0.6 is 0 Å². The number of amides is 1. The molecule has 0 aromatic heterocycles. The maximum absolute atomic E-state index is 12.6. The molecule has 1 fully saturated rings. The Morgan fingerprint density at radius 2 is 1.64 bits per heavy atom. The van der Waals surface area contributed by atoms with E-state index in [0.717, 1.165) is 12.8 Å². The molecule has 25 heavy (non-hydrogen) atoms. The van der Waals surface area contributed by atoms with Gasteiger partial charge in [-0.25, -0.2) is 9.59 Å². The molecule has 0 aromatic rings. The number of hydrogen-bond acceptors (Lipinski definition) is 5. The third kappa shape index (κ3) is 5.71. The van der Waals surface area contributed by atoms with Gasteiger partial charge < -0.3 is 13.9 Å². The van der Waals surface area contributed by atoms with Gasteiger partial charge in [0.1, 0.15) is 5.60 Å². The van der Waals surface area contributed by atoms with Crippen LogP contribution in [0.5, 0.6) is 0 Å². The topological polar surface area (TPSA) is 65.1 Å². The van der Waals surface area contributed by atoms with Gasteiger partial charge in [-0.3, -0.25) is 4.90 Å². The molecule has 1 saturated heterocycles. The van der Waals surface area contributed by atoms with Gasteiger partial charge in [0, 0.05) is 6.54 Å². The molecule has 146 valence electrons. The third-order valence-corrected chi connectivity index (χ3v) is 9.40. The molecular formula is C18H35NO5Si. The summed E-state index contributed by atoms with van der Waals surface area (Å²) in [6.07, 6.45) is 0.637. The lowest BCUT2D eigenvalue weighted by Crippen LogP contribution is -2.60. The second-order valence-electron chi connectivity index (χ2n) is 9.20. The number of esters is 1. The Hall–Kier alpha value is -1.08. The summed E-state index contributed by atoms with van der Waals surface area (Å²) in [6.45, 7) is 16.7. The van der Waals surface area contributed by atoms with Crippen molar-refractivity contribution in [3.8, 4) is 0 Å². The fourth-order valence-electron chi connectivity index (χ4n) is 2.56. The second-order valence-corrected chi connectivity index (χ2v) is 14.0. The summed E-state index contributed by atoms with van der Waals surface area (Å²) in [5, 5.41) is 0.0157. The number of piperidine rings is 1. The maximum atomic E-state index is 12.6. The van der Waals surface area contributed by atoms with E-state index in [4.69, 9.17) is 13.9 Å². The minimum absolute atomic E-state index is 0.0157. The monoisotopic (exact) mass is 373 g/mol. The Kier molecular flexibility index (Phi) is 6.73. The van der Waals surface area contributed by atoms with Crippen LogP contribution in [0.3, 0.4) is 0 Å². The zero-order chi connectivity index (χ0) is 19.6. The van der Waals surface area contributed by atoms with Crippen LogP contribution in [0.1, 0.15) is 54.4 Å². The summed E-state index contributed by atoms with van der Waals surface area (Å²) in [7, 11) is -0.750. The fraction of sp³-hybridized carbons (Fsp3) is 0.889. The average molecular weight is 374 g/mol. The van der Waals surface area contributed by atoms with E-state index < -0.39 is 32.0 Å². The lowest BCUT2D eigenvalue weighted by atomic mass is 9.99. The number of hydrogen-bond donors (Lipinski definition) is 0. The number of carbonyl (C=O) groups is 2. The van der Waals surface area contributed by atoms with Crippen LogP contribution in [0.2, 0.25) is 18.1 Å². The van der Waals surface area contributed by atoms with E-state index in [1.165, 1.54) is 12.0 Å². The Labute approximate surface area is 153 Å². The molecule has 1 heterocycles. The molecule has 0 aliphatic carbocycles. The van der Waals surface area contributed by atoms with Gasteiger partial charge in [0.25, 0.3) is 0 Å². The fourth-order valence-corrected chi connectivity index (χ4v) is 3.92. The van der Waals surface area contributed by atoms with Crippen LogP contribution in [0.15, 0.2) is 0 Å². The number of rotatable bonds is 3. The predicted molar refractivity (Wildman–Crippen MR) is 100 cm³/mol. The molecule has 7 heteroatoms. The van der Waals surface area contributed by atoms with Crippen molar-refractivity contribution in [1.29, 1.82) is 0 Å². The number of ether oxygens (including phenoxy) is 2. The van der Waals surface area contributed by atoms with Gasteiger partial charge in [-0.05, 0) is 51.7 Å². The van der Waals surface area contributed by atoms with Crippen molar-refractivity contribution in [2.45, 2.75) is 90.3 Å². The SMILES string of the molecule is COC(=O)C1C(O[Si](C)(C)C(C)(C)C)CCCN1C(=O)OC(C)(C)C. The highest BCUT2D eigenvalue weighted by Gasteiger charge is 2.47. The van der Waals surface area contributed by atoms with Gasteiger partial charge >= 0.3 is 12.1 Å². The largest absolute Gasteiger partial charge is 0.467 e. The predicted octanol–water partition coefficient (Wildman–Crippen LogP) is 3.95. The standard InChI is InChI=1S/C18H35NO5Si/c1-17(2,3)23-16(21)19-12-10-11-13(14(19)15(20)22-7)24-25(8,9)18(4,5)6/h13-14H,10-12H2,1-9H3. The van der Waals surface area contributed by atoms with Gasteiger partial charge in [0.15, 0.2) is 14.4 Å². The van der Waals surface area contributed by atoms with E-state index in [-0.39, 0.29) is 11.1 Å². The molecule has 2 atom stereocenters. The molecule has 0 bridgehead atoms. The molecule has 0 saturated carbocycles. The molecule has 1 amide bonds. The maximum Gasteiger partial charge on any atom is 0.411 e. The van der Waals surface area contributed by atoms with E-state index in [0.29, 0.717) is 6.54 Å². The number of carbonyl (C=O) groups excluding carboxylic acids is 2. The van der Waals surface area contributed by atoms with Crippen molar-refractivity contribution in [2.24, 2.45) is 0 Å². The summed E-state index contributed by atoms with van der Waals surface area (Å²) < 4.78 is 16.9. The summed E-state index contributed by atoms with van der Waals surface area (Å²) in [6, 6.07) is -0.761. The molecule has 0 N–H and O–H groups in total. The van der Waals surface area contributed by atoms with Crippen LogP contribution < -0.4 is 0 Å². The number of methoxy groups -OCH3 is 1. The normalized spacial score (nSPS) is 22.5. The molecule has 0 radical (unpaired) electrons. The lowest BCUT2D eigenvalue weighted by molar-refractivity contribution is -0.152. The van der Waals surface area contributed by atoms with Gasteiger partial charge in [-0.1, -0.05) is 20.8 Å². The van der Waals surface area contributed by atoms with E-state index in [2.05, 4.69) is 33.9 Å². The zero-order valence-electron chi connectivity index (χ0n) is 17.3. The van der Waals surface area contributed by atoms with Crippen LogP contribution in [0, 0.1) is 0 Å². The molecule has 0 aromatic carbocycles. The summed E-state index contributed by atoms with van der Waals surface area (Å²) >= 11 is 0. The third-order valence-electron chi connectivity index (χ3n) is 4.90. The molecular weight excluding hydrogens is 338 g/mol. The van der Waals surface area contributed by atoms with Crippen LogP contribution in [0.25, 0.3) is 0 Å². The lowest BCUT2D eigenvalue weighted by Gasteiger charge is -2.45.